The molecule has 0 amide bonds. The SMILES string of the molecule is [Zn+][Br].[c-]1ccccn1. The molecule has 1 aromatic heterocycles. The average Bonchev–Trinajstić information content (AvgIpc) is 1.96. The number of pyridine rings is 1. The second-order valence-electron chi connectivity index (χ2n) is 0.959. The summed E-state index contributed by atoms with van der Waals surface area (Å²) in [7, 11) is 0. The fourth-order valence-electron chi connectivity index (χ4n) is 0.277. The first-order valence-corrected chi connectivity index (χ1v) is 8.99. The Bertz CT molecular complexity index is 84.4. The molecule has 1 rings (SSSR count). The summed E-state index contributed by atoms with van der Waals surface area (Å²) in [4.78, 5) is 3.66. The molecule has 0 bridgehead atoms. The van der Waals surface area contributed by atoms with Gasteiger partial charge in [0.25, 0.3) is 0 Å². The summed E-state index contributed by atoms with van der Waals surface area (Å²) in [5, 5.41) is 0. The Balaban J connectivity index is 0.000000222. The monoisotopic (exact) mass is 221 g/mol. The number of aromatic nitrogens is 1. The quantitative estimate of drug-likeness (QED) is 0.482. The molecule has 38 valence electrons. The number of nitrogens with zero attached hydrogens (tertiary/aromatic N) is 1. The molecule has 0 radical (unpaired) electrons. The minimum absolute atomic E-state index is 1.19. The maximum Gasteiger partial charge on any atom is -0.0813 e. The zero-order valence-electron chi connectivity index (χ0n) is 4.34. The smallest absolute Gasteiger partial charge is 0.0813 e. The first-order chi connectivity index (χ1) is 4.00. The summed E-state index contributed by atoms with van der Waals surface area (Å²) in [6, 6.07) is 5.50. The summed E-state index contributed by atoms with van der Waals surface area (Å²) < 4.78 is 0. The Labute approximate surface area is 65.6 Å². The van der Waals surface area contributed by atoms with E-state index in [4.69, 9.17) is 0 Å². The minimum Gasteiger partial charge on any atom is -0.394 e. The number of hydrogen-bond donors (Lipinski definition) is 0. The standard InChI is InChI=1S/C5H4N.BrH.Zn/c1-2-4-6-5-3-1;;/h1-4H;1H;/q-1;;+2/p-1. The van der Waals surface area contributed by atoms with Gasteiger partial charge in [0.2, 0.25) is 0 Å². The molecular weight excluding hydrogens is 219 g/mol. The molecular formula is C5H4BrNZn. The third-order valence-electron chi connectivity index (χ3n) is 0.517. The Morgan fingerprint density at radius 3 is 2.25 bits per heavy atom. The van der Waals surface area contributed by atoms with Gasteiger partial charge >= 0.3 is 30.0 Å². The van der Waals surface area contributed by atoms with Crippen molar-refractivity contribution in [1.82, 2.24) is 4.98 Å². The van der Waals surface area contributed by atoms with Gasteiger partial charge in [-0.3, -0.25) is 0 Å². The fourth-order valence-corrected chi connectivity index (χ4v) is 0.277. The van der Waals surface area contributed by atoms with Crippen molar-refractivity contribution in [3.63, 3.8) is 0 Å². The molecule has 0 spiro atoms. The van der Waals surface area contributed by atoms with Crippen LogP contribution in [0.1, 0.15) is 0 Å². The first kappa shape index (κ1) is 8.25. The Morgan fingerprint density at radius 2 is 2.12 bits per heavy atom. The second kappa shape index (κ2) is 7.25. The maximum atomic E-state index is 3.66. The van der Waals surface area contributed by atoms with Crippen LogP contribution < -0.4 is 0 Å². The topological polar surface area (TPSA) is 12.9 Å². The predicted octanol–water partition coefficient (Wildman–Crippen LogP) is 1.72. The molecule has 0 aliphatic heterocycles. The molecule has 0 aromatic carbocycles. The van der Waals surface area contributed by atoms with E-state index < -0.39 is 0 Å². The Morgan fingerprint density at radius 1 is 1.38 bits per heavy atom. The van der Waals surface area contributed by atoms with E-state index in [1.807, 2.05) is 12.1 Å². The molecule has 0 N–H and O–H groups in total. The summed E-state index contributed by atoms with van der Waals surface area (Å²) in [6.45, 7) is 0. The largest absolute Gasteiger partial charge is 0.394 e. The number of rotatable bonds is 0. The van der Waals surface area contributed by atoms with Crippen LogP contribution in [0.15, 0.2) is 24.4 Å². The third kappa shape index (κ3) is 4.41. The van der Waals surface area contributed by atoms with Crippen molar-refractivity contribution in [3.8, 4) is 0 Å². The van der Waals surface area contributed by atoms with Gasteiger partial charge in [0, 0.05) is 0 Å². The van der Waals surface area contributed by atoms with Gasteiger partial charge in [-0.05, 0) is 0 Å². The van der Waals surface area contributed by atoms with Crippen molar-refractivity contribution in [2.24, 2.45) is 0 Å². The van der Waals surface area contributed by atoms with Crippen molar-refractivity contribution >= 4 is 13.6 Å². The van der Waals surface area contributed by atoms with Gasteiger partial charge in [-0.15, -0.1) is 0 Å². The van der Waals surface area contributed by atoms with Crippen LogP contribution in [-0.2, 0) is 16.3 Å². The molecule has 0 aliphatic rings. The van der Waals surface area contributed by atoms with Gasteiger partial charge in [0.15, 0.2) is 0 Å². The van der Waals surface area contributed by atoms with Crippen LogP contribution in [0.3, 0.4) is 0 Å². The number of hydrogen-bond acceptors (Lipinski definition) is 1. The molecule has 8 heavy (non-hydrogen) atoms. The van der Waals surface area contributed by atoms with Crippen LogP contribution in [-0.4, -0.2) is 4.98 Å². The summed E-state index contributed by atoms with van der Waals surface area (Å²) in [5.41, 5.74) is 0. The van der Waals surface area contributed by atoms with Gasteiger partial charge in [-0.25, -0.2) is 0 Å². The van der Waals surface area contributed by atoms with Crippen LogP contribution in [0, 0.1) is 6.20 Å². The molecule has 0 saturated heterocycles. The predicted molar refractivity (Wildman–Crippen MR) is 32.0 cm³/mol. The normalized spacial score (nSPS) is 6.88. The molecule has 0 fully saturated rings. The van der Waals surface area contributed by atoms with E-state index in [-0.39, 0.29) is 0 Å². The van der Waals surface area contributed by atoms with Gasteiger partial charge in [0.1, 0.15) is 0 Å². The zero-order valence-corrected chi connectivity index (χ0v) is 8.89. The minimum atomic E-state index is 1.19. The van der Waals surface area contributed by atoms with Gasteiger partial charge in [-0.2, -0.15) is 18.2 Å². The van der Waals surface area contributed by atoms with E-state index in [2.05, 4.69) is 24.8 Å². The van der Waals surface area contributed by atoms with Crippen LogP contribution >= 0.6 is 13.6 Å². The Hall–Kier alpha value is 0.253. The molecule has 0 unspecified atom stereocenters. The van der Waals surface area contributed by atoms with Gasteiger partial charge < -0.3 is 4.98 Å². The average molecular weight is 223 g/mol. The maximum absolute atomic E-state index is 3.66. The third-order valence-corrected chi connectivity index (χ3v) is 0.517. The van der Waals surface area contributed by atoms with Crippen molar-refractivity contribution in [1.29, 1.82) is 0 Å². The van der Waals surface area contributed by atoms with Crippen molar-refractivity contribution in [3.05, 3.63) is 30.6 Å². The molecule has 0 saturated carbocycles. The summed E-state index contributed by atoms with van der Waals surface area (Å²) in [5.74, 6) is 0. The van der Waals surface area contributed by atoms with Crippen molar-refractivity contribution < 1.29 is 16.3 Å². The van der Waals surface area contributed by atoms with Crippen LogP contribution in [0.25, 0.3) is 0 Å². The van der Waals surface area contributed by atoms with Gasteiger partial charge in [0.05, 0.1) is 0 Å². The summed E-state index contributed by atoms with van der Waals surface area (Å²) >= 11 is 4.25. The first-order valence-electron chi connectivity index (χ1n) is 2.04. The van der Waals surface area contributed by atoms with E-state index >= 15 is 0 Å². The zero-order chi connectivity index (χ0) is 6.24. The molecule has 0 aliphatic carbocycles. The number of halogens is 1. The van der Waals surface area contributed by atoms with Crippen LogP contribution in [0.5, 0.6) is 0 Å². The van der Waals surface area contributed by atoms with E-state index in [1.54, 1.807) is 12.3 Å². The van der Waals surface area contributed by atoms with Crippen molar-refractivity contribution in [2.45, 2.75) is 0 Å². The molecule has 1 aromatic rings. The summed E-state index contributed by atoms with van der Waals surface area (Å²) in [6.07, 6.45) is 4.34. The van der Waals surface area contributed by atoms with E-state index in [0.717, 1.165) is 0 Å². The van der Waals surface area contributed by atoms with Gasteiger partial charge in [-0.1, -0.05) is 12.4 Å². The molecule has 3 heteroatoms. The van der Waals surface area contributed by atoms with E-state index in [0.29, 0.717) is 0 Å². The van der Waals surface area contributed by atoms with Crippen LogP contribution in [0.4, 0.5) is 0 Å². The molecule has 0 atom stereocenters. The van der Waals surface area contributed by atoms with E-state index in [9.17, 15) is 0 Å². The van der Waals surface area contributed by atoms with Crippen molar-refractivity contribution in [2.75, 3.05) is 0 Å². The molecule has 1 nitrogen and oxygen atoms in total. The van der Waals surface area contributed by atoms with E-state index in [1.165, 1.54) is 16.3 Å². The second-order valence-corrected chi connectivity index (χ2v) is 0.959. The molecule has 1 heterocycles. The Kier molecular flexibility index (Phi) is 7.48. The van der Waals surface area contributed by atoms with Crippen LogP contribution in [0.2, 0.25) is 0 Å². The fraction of sp³-hybridized carbons (Fsp3) is 0.